The minimum atomic E-state index is -1.67. The molecule has 0 aliphatic rings. The molecule has 1 aromatic carbocycles. The smallest absolute Gasteiger partial charge is 0.195 e. The number of tetrazole rings is 1. The Balaban J connectivity index is 2.27. The zero-order valence-corrected chi connectivity index (χ0v) is 9.19. The van der Waals surface area contributed by atoms with Gasteiger partial charge in [-0.1, -0.05) is 0 Å². The van der Waals surface area contributed by atoms with Crippen molar-refractivity contribution in [2.75, 3.05) is 0 Å². The number of hydrogen-bond acceptors (Lipinski definition) is 4. The van der Waals surface area contributed by atoms with Crippen LogP contribution in [0.5, 0.6) is 0 Å². The van der Waals surface area contributed by atoms with E-state index in [1.807, 2.05) is 0 Å². The molecular weight excluding hydrogens is 249 g/mol. The molecule has 2 rings (SSSR count). The van der Waals surface area contributed by atoms with Crippen LogP contribution in [0, 0.1) is 17.5 Å². The van der Waals surface area contributed by atoms with Crippen molar-refractivity contribution in [1.82, 2.24) is 20.2 Å². The summed E-state index contributed by atoms with van der Waals surface area (Å²) < 4.78 is 39.0. The molecule has 0 radical (unpaired) electrons. The quantitative estimate of drug-likeness (QED) is 0.608. The number of nitrogens with zero attached hydrogens (tertiary/aromatic N) is 4. The van der Waals surface area contributed by atoms with Gasteiger partial charge in [0.2, 0.25) is 0 Å². The summed E-state index contributed by atoms with van der Waals surface area (Å²) in [6.45, 7) is 0. The van der Waals surface area contributed by atoms with E-state index >= 15 is 0 Å². The summed E-state index contributed by atoms with van der Waals surface area (Å²) in [5.41, 5.74) is -0.540. The van der Waals surface area contributed by atoms with Crippen LogP contribution in [0.3, 0.4) is 0 Å². The Morgan fingerprint density at radius 3 is 2.61 bits per heavy atom. The van der Waals surface area contributed by atoms with Gasteiger partial charge in [0.05, 0.1) is 19.0 Å². The molecule has 1 heterocycles. The second-order valence-electron chi connectivity index (χ2n) is 3.52. The van der Waals surface area contributed by atoms with Gasteiger partial charge in [-0.2, -0.15) is 4.80 Å². The first kappa shape index (κ1) is 12.2. The average Bonchev–Trinajstić information content (AvgIpc) is 2.71. The number of aryl methyl sites for hydroxylation is 1. The fraction of sp³-hybridized carbons (Fsp3) is 0.200. The molecule has 0 saturated carbocycles. The van der Waals surface area contributed by atoms with Crippen molar-refractivity contribution in [2.45, 2.75) is 6.42 Å². The second-order valence-corrected chi connectivity index (χ2v) is 3.52. The summed E-state index contributed by atoms with van der Waals surface area (Å²) in [6, 6.07) is 1.57. The number of Topliss-reactive ketones (excluding diaryl/α,β-unsaturated/α-hetero) is 1. The average molecular weight is 256 g/mol. The minimum Gasteiger partial charge on any atom is -0.294 e. The first-order valence-electron chi connectivity index (χ1n) is 4.88. The highest BCUT2D eigenvalue weighted by atomic mass is 19.2. The number of carbonyl (C=O) groups is 1. The van der Waals surface area contributed by atoms with Crippen LogP contribution in [0.1, 0.15) is 16.2 Å². The van der Waals surface area contributed by atoms with Crippen molar-refractivity contribution in [3.05, 3.63) is 41.0 Å². The molecule has 0 aliphatic carbocycles. The van der Waals surface area contributed by atoms with Gasteiger partial charge in [-0.05, 0) is 17.3 Å². The lowest BCUT2D eigenvalue weighted by Gasteiger charge is -2.02. The Bertz CT molecular complexity index is 611. The number of hydrogen-bond donors (Lipinski definition) is 0. The molecule has 1 aromatic heterocycles. The number of rotatable bonds is 3. The Hall–Kier alpha value is -2.25. The molecular formula is C10H7F3N4O. The fourth-order valence-corrected chi connectivity index (χ4v) is 1.37. The first-order chi connectivity index (χ1) is 8.49. The van der Waals surface area contributed by atoms with Crippen LogP contribution >= 0.6 is 0 Å². The molecule has 0 amide bonds. The standard InChI is InChI=1S/C10H7F3N4O/c1-17-15-8(14-16-17)4-7(18)5-2-3-6(11)10(13)9(5)12/h2-3H,4H2,1H3. The number of benzene rings is 1. The van der Waals surface area contributed by atoms with Crippen LogP contribution < -0.4 is 0 Å². The summed E-state index contributed by atoms with van der Waals surface area (Å²) >= 11 is 0. The molecule has 0 N–H and O–H groups in total. The van der Waals surface area contributed by atoms with Gasteiger partial charge in [0, 0.05) is 0 Å². The third-order valence-electron chi connectivity index (χ3n) is 2.20. The van der Waals surface area contributed by atoms with Crippen molar-refractivity contribution < 1.29 is 18.0 Å². The first-order valence-corrected chi connectivity index (χ1v) is 4.88. The molecule has 5 nitrogen and oxygen atoms in total. The molecule has 0 fully saturated rings. The van der Waals surface area contributed by atoms with Gasteiger partial charge in [0.25, 0.3) is 0 Å². The zero-order valence-electron chi connectivity index (χ0n) is 9.19. The van der Waals surface area contributed by atoms with Crippen LogP contribution in [0.15, 0.2) is 12.1 Å². The Labute approximate surface area is 99.2 Å². The fourth-order valence-electron chi connectivity index (χ4n) is 1.37. The van der Waals surface area contributed by atoms with Crippen LogP contribution in [0.4, 0.5) is 13.2 Å². The molecule has 0 spiro atoms. The molecule has 0 atom stereocenters. The van der Waals surface area contributed by atoms with E-state index in [0.717, 1.165) is 10.9 Å². The summed E-state index contributed by atoms with van der Waals surface area (Å²) in [4.78, 5) is 12.8. The summed E-state index contributed by atoms with van der Waals surface area (Å²) in [7, 11) is 1.50. The lowest BCUT2D eigenvalue weighted by Crippen LogP contribution is -2.10. The van der Waals surface area contributed by atoms with E-state index in [1.54, 1.807) is 0 Å². The molecule has 0 unspecified atom stereocenters. The van der Waals surface area contributed by atoms with Crippen molar-refractivity contribution in [1.29, 1.82) is 0 Å². The van der Waals surface area contributed by atoms with Crippen LogP contribution in [-0.4, -0.2) is 26.0 Å². The van der Waals surface area contributed by atoms with Crippen molar-refractivity contribution in [3.63, 3.8) is 0 Å². The largest absolute Gasteiger partial charge is 0.294 e. The third kappa shape index (κ3) is 2.22. The second kappa shape index (κ2) is 4.55. The molecule has 8 heteroatoms. The highest BCUT2D eigenvalue weighted by Gasteiger charge is 2.20. The van der Waals surface area contributed by atoms with E-state index in [2.05, 4.69) is 15.4 Å². The van der Waals surface area contributed by atoms with Crippen molar-refractivity contribution in [2.24, 2.45) is 7.05 Å². The molecule has 0 saturated heterocycles. The van der Waals surface area contributed by atoms with E-state index in [0.29, 0.717) is 6.07 Å². The molecule has 94 valence electrons. The summed E-state index contributed by atoms with van der Waals surface area (Å²) in [6.07, 6.45) is -0.337. The maximum atomic E-state index is 13.3. The zero-order chi connectivity index (χ0) is 13.3. The number of ketones is 1. The maximum Gasteiger partial charge on any atom is 0.195 e. The Morgan fingerprint density at radius 1 is 1.28 bits per heavy atom. The minimum absolute atomic E-state index is 0.0756. The maximum absolute atomic E-state index is 13.3. The van der Waals surface area contributed by atoms with Gasteiger partial charge >= 0.3 is 0 Å². The van der Waals surface area contributed by atoms with E-state index in [9.17, 15) is 18.0 Å². The van der Waals surface area contributed by atoms with Gasteiger partial charge < -0.3 is 0 Å². The summed E-state index contributed by atoms with van der Waals surface area (Å²) in [5, 5.41) is 10.8. The monoisotopic (exact) mass is 256 g/mol. The van der Waals surface area contributed by atoms with Crippen LogP contribution in [0.2, 0.25) is 0 Å². The Morgan fingerprint density at radius 2 is 2.00 bits per heavy atom. The van der Waals surface area contributed by atoms with Crippen LogP contribution in [0.25, 0.3) is 0 Å². The predicted molar refractivity (Wildman–Crippen MR) is 53.1 cm³/mol. The third-order valence-corrected chi connectivity index (χ3v) is 2.20. The van der Waals surface area contributed by atoms with Gasteiger partial charge in [-0.3, -0.25) is 4.79 Å². The lowest BCUT2D eigenvalue weighted by molar-refractivity contribution is 0.0985. The van der Waals surface area contributed by atoms with Crippen molar-refractivity contribution >= 4 is 5.78 Å². The van der Waals surface area contributed by atoms with Gasteiger partial charge in [-0.25, -0.2) is 13.2 Å². The van der Waals surface area contributed by atoms with Gasteiger partial charge in [0.1, 0.15) is 0 Å². The highest BCUT2D eigenvalue weighted by Crippen LogP contribution is 2.16. The number of aromatic nitrogens is 4. The van der Waals surface area contributed by atoms with E-state index in [4.69, 9.17) is 0 Å². The normalized spacial score (nSPS) is 10.7. The van der Waals surface area contributed by atoms with E-state index in [-0.39, 0.29) is 12.2 Å². The Kier molecular flexibility index (Phi) is 3.09. The topological polar surface area (TPSA) is 60.7 Å². The van der Waals surface area contributed by atoms with Gasteiger partial charge in [0.15, 0.2) is 29.1 Å². The number of halogens is 3. The van der Waals surface area contributed by atoms with Crippen molar-refractivity contribution in [3.8, 4) is 0 Å². The molecule has 0 bridgehead atoms. The number of carbonyl (C=O) groups excluding carboxylic acids is 1. The summed E-state index contributed by atoms with van der Waals surface area (Å²) in [5.74, 6) is -5.20. The van der Waals surface area contributed by atoms with Gasteiger partial charge in [-0.15, -0.1) is 10.2 Å². The highest BCUT2D eigenvalue weighted by molar-refractivity contribution is 5.97. The van der Waals surface area contributed by atoms with E-state index in [1.165, 1.54) is 7.05 Å². The van der Waals surface area contributed by atoms with Crippen LogP contribution in [-0.2, 0) is 13.5 Å². The lowest BCUT2D eigenvalue weighted by atomic mass is 10.1. The molecule has 18 heavy (non-hydrogen) atoms. The SMILES string of the molecule is Cn1nnc(CC(=O)c2ccc(F)c(F)c2F)n1. The van der Waals surface area contributed by atoms with E-state index < -0.39 is 28.8 Å². The molecule has 0 aliphatic heterocycles. The predicted octanol–water partition coefficient (Wildman–Crippen LogP) is 1.05. The molecule has 2 aromatic rings.